The lowest BCUT2D eigenvalue weighted by Gasteiger charge is -2.26. The molecule has 0 unspecified atom stereocenters. The monoisotopic (exact) mass is 240 g/mol. The van der Waals surface area contributed by atoms with Crippen molar-refractivity contribution >= 4 is 17.2 Å². The average Bonchev–Trinajstić information content (AvgIpc) is 2.70. The van der Waals surface area contributed by atoms with Gasteiger partial charge in [0.25, 0.3) is 0 Å². The summed E-state index contributed by atoms with van der Waals surface area (Å²) in [4.78, 5) is 15.1. The zero-order chi connectivity index (χ0) is 12.0. The normalized spacial score (nSPS) is 10.8. The maximum absolute atomic E-state index is 12.0. The van der Waals surface area contributed by atoms with Gasteiger partial charge < -0.3 is 10.6 Å². The molecule has 0 fully saturated rings. The summed E-state index contributed by atoms with van der Waals surface area (Å²) in [6.07, 6.45) is 1.38. The minimum absolute atomic E-state index is 0.200. The molecule has 16 heavy (non-hydrogen) atoms. The van der Waals surface area contributed by atoms with Gasteiger partial charge in [0.15, 0.2) is 0 Å². The van der Waals surface area contributed by atoms with Gasteiger partial charge in [-0.15, -0.1) is 11.3 Å². The van der Waals surface area contributed by atoms with Crippen LogP contribution in [0.4, 0.5) is 0 Å². The van der Waals surface area contributed by atoms with E-state index in [0.717, 1.165) is 17.8 Å². The van der Waals surface area contributed by atoms with E-state index < -0.39 is 0 Å². The summed E-state index contributed by atoms with van der Waals surface area (Å²) in [7, 11) is 0. The summed E-state index contributed by atoms with van der Waals surface area (Å²) in [5.41, 5.74) is 5.48. The highest BCUT2D eigenvalue weighted by Crippen LogP contribution is 2.12. The fourth-order valence-corrected chi connectivity index (χ4v) is 2.29. The number of carbonyl (C=O) groups excluding carboxylic acids is 1. The van der Waals surface area contributed by atoms with Crippen LogP contribution in [0.5, 0.6) is 0 Å². The lowest BCUT2D eigenvalue weighted by atomic mass is 10.2. The Labute approximate surface area is 101 Å². The fourth-order valence-electron chi connectivity index (χ4n) is 1.60. The molecule has 1 aromatic heterocycles. The van der Waals surface area contributed by atoms with E-state index in [-0.39, 0.29) is 11.9 Å². The van der Waals surface area contributed by atoms with Crippen LogP contribution in [0.15, 0.2) is 17.5 Å². The van der Waals surface area contributed by atoms with Crippen molar-refractivity contribution in [3.63, 3.8) is 0 Å². The first-order valence-corrected chi connectivity index (χ1v) is 6.55. The summed E-state index contributed by atoms with van der Waals surface area (Å²) < 4.78 is 0. The number of rotatable bonds is 6. The summed E-state index contributed by atoms with van der Waals surface area (Å²) in [5.74, 6) is 0.200. The molecule has 0 aliphatic carbocycles. The number of carbonyl (C=O) groups is 1. The number of hydrogen-bond acceptors (Lipinski definition) is 3. The Bertz CT molecular complexity index is 309. The van der Waals surface area contributed by atoms with Crippen LogP contribution in [0, 0.1) is 0 Å². The van der Waals surface area contributed by atoms with Gasteiger partial charge in [0.1, 0.15) is 0 Å². The van der Waals surface area contributed by atoms with E-state index in [1.807, 2.05) is 36.3 Å². The predicted octanol–water partition coefficient (Wildman–Crippen LogP) is 1.88. The average molecular weight is 240 g/mol. The molecule has 0 aromatic carbocycles. The molecular weight excluding hydrogens is 220 g/mol. The third-order valence-electron chi connectivity index (χ3n) is 2.45. The molecule has 1 heterocycles. The maximum atomic E-state index is 12.0. The van der Waals surface area contributed by atoms with Crippen LogP contribution in [-0.2, 0) is 11.2 Å². The smallest absolute Gasteiger partial charge is 0.228 e. The number of hydrogen-bond donors (Lipinski definition) is 1. The van der Waals surface area contributed by atoms with Gasteiger partial charge in [-0.25, -0.2) is 0 Å². The first kappa shape index (κ1) is 13.2. The van der Waals surface area contributed by atoms with Gasteiger partial charge in [-0.05, 0) is 38.3 Å². The van der Waals surface area contributed by atoms with E-state index >= 15 is 0 Å². The van der Waals surface area contributed by atoms with Crippen molar-refractivity contribution in [2.75, 3.05) is 13.1 Å². The minimum atomic E-state index is 0.200. The van der Waals surface area contributed by atoms with Crippen LogP contribution in [0.25, 0.3) is 0 Å². The molecule has 1 rings (SSSR count). The Morgan fingerprint density at radius 2 is 2.31 bits per heavy atom. The van der Waals surface area contributed by atoms with Gasteiger partial charge >= 0.3 is 0 Å². The van der Waals surface area contributed by atoms with Crippen LogP contribution in [0.1, 0.15) is 25.1 Å². The second-order valence-electron chi connectivity index (χ2n) is 4.08. The second kappa shape index (κ2) is 6.66. The molecule has 2 N–H and O–H groups in total. The predicted molar refractivity (Wildman–Crippen MR) is 68.5 cm³/mol. The molecule has 1 amide bonds. The minimum Gasteiger partial charge on any atom is -0.340 e. The first-order valence-electron chi connectivity index (χ1n) is 5.67. The lowest BCUT2D eigenvalue weighted by molar-refractivity contribution is -0.132. The summed E-state index contributed by atoms with van der Waals surface area (Å²) in [6.45, 7) is 5.49. The SMILES string of the molecule is CC(C)N(CCCN)C(=O)Cc1cccs1. The quantitative estimate of drug-likeness (QED) is 0.825. The van der Waals surface area contributed by atoms with Crippen molar-refractivity contribution < 1.29 is 4.79 Å². The van der Waals surface area contributed by atoms with E-state index in [1.54, 1.807) is 11.3 Å². The molecule has 0 saturated carbocycles. The Kier molecular flexibility index (Phi) is 5.49. The molecule has 1 aromatic rings. The Morgan fingerprint density at radius 1 is 1.56 bits per heavy atom. The Hall–Kier alpha value is -0.870. The highest BCUT2D eigenvalue weighted by Gasteiger charge is 2.16. The molecule has 90 valence electrons. The molecule has 4 heteroatoms. The van der Waals surface area contributed by atoms with Crippen molar-refractivity contribution in [2.45, 2.75) is 32.7 Å². The topological polar surface area (TPSA) is 46.3 Å². The van der Waals surface area contributed by atoms with E-state index in [9.17, 15) is 4.79 Å². The second-order valence-corrected chi connectivity index (χ2v) is 5.11. The fraction of sp³-hybridized carbons (Fsp3) is 0.583. The Balaban J connectivity index is 2.53. The van der Waals surface area contributed by atoms with Crippen LogP contribution < -0.4 is 5.73 Å². The highest BCUT2D eigenvalue weighted by atomic mass is 32.1. The zero-order valence-electron chi connectivity index (χ0n) is 9.98. The largest absolute Gasteiger partial charge is 0.340 e. The van der Waals surface area contributed by atoms with Crippen molar-refractivity contribution in [2.24, 2.45) is 5.73 Å². The lowest BCUT2D eigenvalue weighted by Crippen LogP contribution is -2.39. The van der Waals surface area contributed by atoms with E-state index in [2.05, 4.69) is 0 Å². The molecule has 0 saturated heterocycles. The van der Waals surface area contributed by atoms with Gasteiger partial charge in [-0.3, -0.25) is 4.79 Å². The molecule has 0 radical (unpaired) electrons. The van der Waals surface area contributed by atoms with Crippen LogP contribution >= 0.6 is 11.3 Å². The number of nitrogens with zero attached hydrogens (tertiary/aromatic N) is 1. The molecule has 0 aliphatic heterocycles. The molecule has 0 atom stereocenters. The molecule has 3 nitrogen and oxygen atoms in total. The van der Waals surface area contributed by atoms with Crippen LogP contribution in [0.2, 0.25) is 0 Å². The maximum Gasteiger partial charge on any atom is 0.228 e. The summed E-state index contributed by atoms with van der Waals surface area (Å²) >= 11 is 1.63. The number of amides is 1. The zero-order valence-corrected chi connectivity index (χ0v) is 10.8. The molecule has 0 bridgehead atoms. The van der Waals surface area contributed by atoms with Gasteiger partial charge in [0.05, 0.1) is 6.42 Å². The van der Waals surface area contributed by atoms with Gasteiger partial charge in [-0.2, -0.15) is 0 Å². The standard InChI is InChI=1S/C12H20N2OS/c1-10(2)14(7-4-6-13)12(15)9-11-5-3-8-16-11/h3,5,8,10H,4,6-7,9,13H2,1-2H3. The van der Waals surface area contributed by atoms with Crippen LogP contribution in [-0.4, -0.2) is 29.9 Å². The molecule has 0 spiro atoms. The van der Waals surface area contributed by atoms with Crippen molar-refractivity contribution in [1.82, 2.24) is 4.90 Å². The van der Waals surface area contributed by atoms with Gasteiger partial charge in [0, 0.05) is 17.5 Å². The van der Waals surface area contributed by atoms with Crippen LogP contribution in [0.3, 0.4) is 0 Å². The van der Waals surface area contributed by atoms with Gasteiger partial charge in [0.2, 0.25) is 5.91 Å². The van der Waals surface area contributed by atoms with Crippen molar-refractivity contribution in [3.8, 4) is 0 Å². The van der Waals surface area contributed by atoms with E-state index in [1.165, 1.54) is 0 Å². The van der Waals surface area contributed by atoms with E-state index in [0.29, 0.717) is 13.0 Å². The third kappa shape index (κ3) is 3.94. The summed E-state index contributed by atoms with van der Waals surface area (Å²) in [5, 5.41) is 2.00. The number of nitrogens with two attached hydrogens (primary N) is 1. The molecular formula is C12H20N2OS. The Morgan fingerprint density at radius 3 is 2.81 bits per heavy atom. The first-order chi connectivity index (χ1) is 7.65. The third-order valence-corrected chi connectivity index (χ3v) is 3.33. The highest BCUT2D eigenvalue weighted by molar-refractivity contribution is 7.10. The van der Waals surface area contributed by atoms with E-state index in [4.69, 9.17) is 5.73 Å². The van der Waals surface area contributed by atoms with Gasteiger partial charge in [-0.1, -0.05) is 6.07 Å². The van der Waals surface area contributed by atoms with Crippen molar-refractivity contribution in [3.05, 3.63) is 22.4 Å². The number of thiophene rings is 1. The summed E-state index contributed by atoms with van der Waals surface area (Å²) in [6, 6.07) is 4.23. The van der Waals surface area contributed by atoms with Crippen molar-refractivity contribution in [1.29, 1.82) is 0 Å². The molecule has 0 aliphatic rings.